The van der Waals surface area contributed by atoms with Gasteiger partial charge in [-0.2, -0.15) is 4.40 Å². The molecule has 1 aliphatic rings. The monoisotopic (exact) mass is 380 g/mol. The van der Waals surface area contributed by atoms with Crippen molar-refractivity contribution in [1.82, 2.24) is 15.6 Å². The Morgan fingerprint density at radius 2 is 2.26 bits per heavy atom. The predicted molar refractivity (Wildman–Crippen MR) is 113 cm³/mol. The second-order valence-electron chi connectivity index (χ2n) is 5.52. The number of pyridine rings is 1. The Kier molecular flexibility index (Phi) is 8.19. The summed E-state index contributed by atoms with van der Waals surface area (Å²) in [5.41, 5.74) is 2.71. The summed E-state index contributed by atoms with van der Waals surface area (Å²) in [6, 6.07) is 5.28. The van der Waals surface area contributed by atoms with E-state index >= 15 is 0 Å². The second-order valence-corrected chi connectivity index (χ2v) is 6.62. The van der Waals surface area contributed by atoms with Crippen molar-refractivity contribution in [2.24, 2.45) is 4.40 Å². The molecule has 1 atom stereocenters. The number of hydrogen-bond donors (Lipinski definition) is 2. The number of hydrogen-bond acceptors (Lipinski definition) is 3. The van der Waals surface area contributed by atoms with E-state index in [0.29, 0.717) is 17.3 Å². The van der Waals surface area contributed by atoms with Gasteiger partial charge >= 0.3 is 0 Å². The molecule has 0 radical (unpaired) electrons. The Labute approximate surface area is 163 Å². The smallest absolute Gasteiger partial charge is 0.193 e. The summed E-state index contributed by atoms with van der Waals surface area (Å²) in [6.45, 7) is 9.51. The van der Waals surface area contributed by atoms with Crippen LogP contribution in [0.1, 0.15) is 19.8 Å². The SMILES string of the molecule is C=C/C=C\C(=C/C)N/C=C(\C=C)C1=CCC/C(=N/S(=O)c2ccccn2)N1. The molecule has 2 N–H and O–H groups in total. The second kappa shape index (κ2) is 10.9. The lowest BCUT2D eigenvalue weighted by Gasteiger charge is -2.18. The van der Waals surface area contributed by atoms with Crippen LogP contribution in [0, 0.1) is 0 Å². The Balaban J connectivity index is 2.12. The van der Waals surface area contributed by atoms with Crippen LogP contribution in [0.25, 0.3) is 0 Å². The predicted octanol–water partition coefficient (Wildman–Crippen LogP) is 4.08. The van der Waals surface area contributed by atoms with Crippen molar-refractivity contribution < 1.29 is 4.21 Å². The molecule has 0 aliphatic carbocycles. The Hall–Kier alpha value is -2.99. The zero-order chi connectivity index (χ0) is 19.5. The largest absolute Gasteiger partial charge is 0.361 e. The maximum Gasteiger partial charge on any atom is 0.193 e. The van der Waals surface area contributed by atoms with E-state index in [0.717, 1.165) is 23.4 Å². The van der Waals surface area contributed by atoms with Crippen molar-refractivity contribution in [2.45, 2.75) is 24.8 Å². The highest BCUT2D eigenvalue weighted by Gasteiger charge is 2.13. The van der Waals surface area contributed by atoms with Crippen molar-refractivity contribution >= 4 is 16.8 Å². The van der Waals surface area contributed by atoms with Gasteiger partial charge in [-0.15, -0.1) is 0 Å². The maximum atomic E-state index is 12.3. The molecule has 27 heavy (non-hydrogen) atoms. The van der Waals surface area contributed by atoms with E-state index < -0.39 is 11.0 Å². The third-order valence-corrected chi connectivity index (χ3v) is 4.65. The summed E-state index contributed by atoms with van der Waals surface area (Å²) in [4.78, 5) is 4.09. The molecule has 0 saturated carbocycles. The summed E-state index contributed by atoms with van der Waals surface area (Å²) in [5.74, 6) is 0.669. The molecule has 140 valence electrons. The molecule has 2 heterocycles. The van der Waals surface area contributed by atoms with E-state index in [4.69, 9.17) is 0 Å². The normalized spacial score (nSPS) is 18.0. The molecular weight excluding hydrogens is 356 g/mol. The molecule has 0 saturated heterocycles. The van der Waals surface area contributed by atoms with Crippen LogP contribution >= 0.6 is 0 Å². The van der Waals surface area contributed by atoms with Crippen LogP contribution < -0.4 is 10.6 Å². The first-order chi connectivity index (χ1) is 13.2. The minimum Gasteiger partial charge on any atom is -0.361 e. The van der Waals surface area contributed by atoms with Crippen molar-refractivity contribution in [3.63, 3.8) is 0 Å². The zero-order valence-electron chi connectivity index (χ0n) is 15.4. The van der Waals surface area contributed by atoms with Crippen LogP contribution in [-0.2, 0) is 11.0 Å². The number of nitrogens with zero attached hydrogens (tertiary/aromatic N) is 2. The van der Waals surface area contributed by atoms with Crippen LogP contribution in [0.2, 0.25) is 0 Å². The lowest BCUT2D eigenvalue weighted by Crippen LogP contribution is -2.27. The van der Waals surface area contributed by atoms with Crippen LogP contribution in [0.5, 0.6) is 0 Å². The lowest BCUT2D eigenvalue weighted by atomic mass is 10.1. The van der Waals surface area contributed by atoms with Gasteiger partial charge in [0.25, 0.3) is 0 Å². The molecule has 1 unspecified atom stereocenters. The molecule has 0 aromatic carbocycles. The molecule has 0 amide bonds. The average Bonchev–Trinajstić information content (AvgIpc) is 2.71. The fourth-order valence-electron chi connectivity index (χ4n) is 2.29. The zero-order valence-corrected chi connectivity index (χ0v) is 16.2. The molecule has 0 bridgehead atoms. The van der Waals surface area contributed by atoms with Crippen molar-refractivity contribution in [3.05, 3.63) is 97.2 Å². The van der Waals surface area contributed by atoms with Gasteiger partial charge in [-0.05, 0) is 31.6 Å². The molecule has 6 heteroatoms. The van der Waals surface area contributed by atoms with Gasteiger partial charge in [0.15, 0.2) is 11.0 Å². The average molecular weight is 381 g/mol. The van der Waals surface area contributed by atoms with Crippen molar-refractivity contribution in [1.29, 1.82) is 0 Å². The first kappa shape index (κ1) is 20.3. The quantitative estimate of drug-likeness (QED) is 0.667. The molecule has 1 aromatic heterocycles. The van der Waals surface area contributed by atoms with Gasteiger partial charge in [0.05, 0.1) is 0 Å². The van der Waals surface area contributed by atoms with E-state index in [-0.39, 0.29) is 0 Å². The highest BCUT2D eigenvalue weighted by molar-refractivity contribution is 7.83. The Morgan fingerprint density at radius 3 is 2.93 bits per heavy atom. The first-order valence-corrected chi connectivity index (χ1v) is 9.71. The molecule has 2 rings (SSSR count). The number of nitrogens with one attached hydrogen (secondary N) is 2. The van der Waals surface area contributed by atoms with Crippen molar-refractivity contribution in [3.8, 4) is 0 Å². The minimum atomic E-state index is -1.53. The molecular formula is C21H24N4OS. The van der Waals surface area contributed by atoms with Gasteiger partial charge in [-0.3, -0.25) is 0 Å². The molecule has 0 spiro atoms. The summed E-state index contributed by atoms with van der Waals surface area (Å²) in [7, 11) is -1.53. The third-order valence-electron chi connectivity index (χ3n) is 3.67. The van der Waals surface area contributed by atoms with Gasteiger partial charge in [-0.1, -0.05) is 49.6 Å². The lowest BCUT2D eigenvalue weighted by molar-refractivity contribution is 0.681. The molecule has 0 fully saturated rings. The maximum absolute atomic E-state index is 12.3. The summed E-state index contributed by atoms with van der Waals surface area (Å²) >= 11 is 0. The molecule has 1 aromatic rings. The van der Waals surface area contributed by atoms with Gasteiger partial charge < -0.3 is 10.6 Å². The molecule has 5 nitrogen and oxygen atoms in total. The van der Waals surface area contributed by atoms with Gasteiger partial charge in [-0.25, -0.2) is 9.19 Å². The summed E-state index contributed by atoms with van der Waals surface area (Å²) in [5, 5.41) is 6.92. The fraction of sp³-hybridized carbons (Fsp3) is 0.143. The summed E-state index contributed by atoms with van der Waals surface area (Å²) < 4.78 is 16.6. The van der Waals surface area contributed by atoms with E-state index in [1.54, 1.807) is 36.5 Å². The van der Waals surface area contributed by atoms with E-state index in [1.807, 2.05) is 31.4 Å². The van der Waals surface area contributed by atoms with Gasteiger partial charge in [0, 0.05) is 35.8 Å². The summed E-state index contributed by atoms with van der Waals surface area (Å²) in [6.07, 6.45) is 16.3. The van der Waals surface area contributed by atoms with Crippen LogP contribution in [0.4, 0.5) is 0 Å². The first-order valence-electron chi connectivity index (χ1n) is 8.60. The fourth-order valence-corrected chi connectivity index (χ4v) is 3.06. The number of amidine groups is 1. The third kappa shape index (κ3) is 6.34. The Bertz CT molecular complexity index is 848. The van der Waals surface area contributed by atoms with Crippen LogP contribution in [0.3, 0.4) is 0 Å². The standard InChI is InChI=1S/C21H24N4OS/c1-4-7-11-18(6-3)23-16-17(5-2)19-12-10-13-20(24-19)25-27(26)21-14-8-9-15-22-21/h4-9,11-12,14-16,23H,1-2,10,13H2,3H3,(H,24,25)/b11-7-,17-16+,18-6+. The van der Waals surface area contributed by atoms with E-state index in [1.165, 1.54) is 0 Å². The highest BCUT2D eigenvalue weighted by atomic mass is 32.2. The van der Waals surface area contributed by atoms with Gasteiger partial charge in [0.1, 0.15) is 10.9 Å². The molecule has 1 aliphatic heterocycles. The minimum absolute atomic E-state index is 0.441. The highest BCUT2D eigenvalue weighted by Crippen LogP contribution is 2.16. The van der Waals surface area contributed by atoms with Crippen LogP contribution in [-0.4, -0.2) is 15.0 Å². The van der Waals surface area contributed by atoms with Gasteiger partial charge in [0.2, 0.25) is 0 Å². The van der Waals surface area contributed by atoms with Crippen LogP contribution in [0.15, 0.2) is 107 Å². The number of rotatable bonds is 8. The Morgan fingerprint density at radius 1 is 1.41 bits per heavy atom. The van der Waals surface area contributed by atoms with E-state index in [9.17, 15) is 4.21 Å². The number of aromatic nitrogens is 1. The van der Waals surface area contributed by atoms with E-state index in [2.05, 4.69) is 39.2 Å². The van der Waals surface area contributed by atoms with Crippen molar-refractivity contribution in [2.75, 3.05) is 0 Å². The topological polar surface area (TPSA) is 66.4 Å². The number of allylic oxidation sites excluding steroid dienone is 6.